The maximum Gasteiger partial charge on any atom is 0.257 e. The fourth-order valence-electron chi connectivity index (χ4n) is 4.62. The van der Waals surface area contributed by atoms with Crippen LogP contribution in [0.25, 0.3) is 17.2 Å². The fraction of sp³-hybridized carbons (Fsp3) is 0.500. The Morgan fingerprint density at radius 2 is 2.09 bits per heavy atom. The highest BCUT2D eigenvalue weighted by atomic mass is 32.1. The minimum absolute atomic E-state index is 0.0107. The number of carbonyl (C=O) groups is 1. The zero-order chi connectivity index (χ0) is 23.5. The van der Waals surface area contributed by atoms with Crippen molar-refractivity contribution in [1.82, 2.24) is 29.5 Å². The molecule has 0 radical (unpaired) electrons. The van der Waals surface area contributed by atoms with Crippen molar-refractivity contribution in [1.29, 1.82) is 0 Å². The molecule has 8 nitrogen and oxygen atoms in total. The number of nitrogens with zero attached hydrogens (tertiary/aromatic N) is 6. The summed E-state index contributed by atoms with van der Waals surface area (Å²) >= 11 is 1.75. The van der Waals surface area contributed by atoms with Gasteiger partial charge in [0.15, 0.2) is 0 Å². The zero-order valence-corrected chi connectivity index (χ0v) is 20.9. The molecule has 1 fully saturated rings. The van der Waals surface area contributed by atoms with Crippen LogP contribution in [0.2, 0.25) is 0 Å². The number of thiophene rings is 1. The van der Waals surface area contributed by atoms with Gasteiger partial charge in [-0.25, -0.2) is 9.97 Å². The van der Waals surface area contributed by atoms with Crippen molar-refractivity contribution in [2.75, 3.05) is 33.3 Å². The van der Waals surface area contributed by atoms with Gasteiger partial charge in [-0.3, -0.25) is 9.69 Å². The van der Waals surface area contributed by atoms with Crippen LogP contribution in [-0.2, 0) is 11.3 Å². The van der Waals surface area contributed by atoms with Crippen LogP contribution in [0.5, 0.6) is 0 Å². The molecule has 4 rings (SSSR count). The molecule has 0 bridgehead atoms. The first-order valence-electron chi connectivity index (χ1n) is 11.5. The third-order valence-electron chi connectivity index (χ3n) is 6.31. The van der Waals surface area contributed by atoms with Crippen molar-refractivity contribution in [3.63, 3.8) is 0 Å². The molecular formula is C24H32N6O2S. The Morgan fingerprint density at radius 3 is 2.76 bits per heavy atom. The van der Waals surface area contributed by atoms with Gasteiger partial charge in [-0.1, -0.05) is 13.8 Å². The first-order valence-corrected chi connectivity index (χ1v) is 12.3. The monoisotopic (exact) mass is 468 g/mol. The molecule has 33 heavy (non-hydrogen) atoms. The number of hydrogen-bond acceptors (Lipinski definition) is 7. The molecule has 1 aliphatic rings. The molecule has 1 atom stereocenters. The largest absolute Gasteiger partial charge is 0.378 e. The zero-order valence-electron chi connectivity index (χ0n) is 20.0. The Balaban J connectivity index is 1.63. The van der Waals surface area contributed by atoms with Gasteiger partial charge in [0, 0.05) is 47.8 Å². The lowest BCUT2D eigenvalue weighted by molar-refractivity contribution is 0.0772. The summed E-state index contributed by atoms with van der Waals surface area (Å²) in [6.07, 6.45) is 4.35. The number of aromatic nitrogens is 4. The number of likely N-dealkylation sites (tertiary alicyclic amines) is 1. The number of rotatable bonds is 8. The van der Waals surface area contributed by atoms with E-state index in [-0.39, 0.29) is 12.5 Å². The average molecular weight is 469 g/mol. The third-order valence-corrected chi connectivity index (χ3v) is 7.27. The Hall–Kier alpha value is -2.62. The van der Waals surface area contributed by atoms with E-state index in [1.165, 1.54) is 9.75 Å². The van der Waals surface area contributed by atoms with Gasteiger partial charge in [0.05, 0.1) is 29.8 Å². The van der Waals surface area contributed by atoms with Crippen LogP contribution in [0.15, 0.2) is 24.5 Å². The van der Waals surface area contributed by atoms with Gasteiger partial charge in [0.25, 0.3) is 11.9 Å². The lowest BCUT2D eigenvalue weighted by Gasteiger charge is -2.26. The van der Waals surface area contributed by atoms with E-state index < -0.39 is 0 Å². The predicted molar refractivity (Wildman–Crippen MR) is 130 cm³/mol. The topological polar surface area (TPSA) is 76.4 Å². The van der Waals surface area contributed by atoms with E-state index in [9.17, 15) is 4.79 Å². The van der Waals surface area contributed by atoms with Crippen LogP contribution in [-0.4, -0.2) is 74.8 Å². The fourth-order valence-corrected chi connectivity index (χ4v) is 5.55. The van der Waals surface area contributed by atoms with E-state index in [0.29, 0.717) is 23.2 Å². The maximum atomic E-state index is 13.4. The van der Waals surface area contributed by atoms with E-state index >= 15 is 0 Å². The summed E-state index contributed by atoms with van der Waals surface area (Å²) in [5.41, 5.74) is 3.16. The third kappa shape index (κ3) is 4.71. The number of ether oxygens (including phenoxy) is 1. The van der Waals surface area contributed by atoms with E-state index in [0.717, 1.165) is 43.9 Å². The second-order valence-electron chi connectivity index (χ2n) is 8.33. The standard InChI is InChI=1S/C24H32N6O2S/c1-6-28(7-2)18-9-11-29(14-18)23(31)20-13-26-30(22(20)15-32-5)24-25-10-8-21(27-24)19-12-16(3)33-17(19)4/h8,10,12-13,18H,6-7,9,11,14-15H2,1-5H3/t18-/m1/s1. The highest BCUT2D eigenvalue weighted by Gasteiger charge is 2.32. The summed E-state index contributed by atoms with van der Waals surface area (Å²) in [5, 5.41) is 4.50. The first kappa shape index (κ1) is 23.5. The minimum atomic E-state index is -0.0107. The van der Waals surface area contributed by atoms with Crippen LogP contribution in [0.4, 0.5) is 0 Å². The molecule has 1 saturated heterocycles. The lowest BCUT2D eigenvalue weighted by Crippen LogP contribution is -2.38. The molecule has 0 saturated carbocycles. The van der Waals surface area contributed by atoms with E-state index in [2.05, 4.69) is 48.7 Å². The van der Waals surface area contributed by atoms with Crippen LogP contribution in [0, 0.1) is 13.8 Å². The van der Waals surface area contributed by atoms with E-state index in [1.807, 2.05) is 11.0 Å². The van der Waals surface area contributed by atoms with Gasteiger partial charge >= 0.3 is 0 Å². The van der Waals surface area contributed by atoms with Gasteiger partial charge in [-0.15, -0.1) is 11.3 Å². The molecule has 0 spiro atoms. The summed E-state index contributed by atoms with van der Waals surface area (Å²) < 4.78 is 7.07. The lowest BCUT2D eigenvalue weighted by atomic mass is 10.2. The first-order chi connectivity index (χ1) is 16.0. The Kier molecular flexibility index (Phi) is 7.21. The molecule has 3 aromatic rings. The molecule has 1 amide bonds. The molecule has 0 aromatic carbocycles. The molecule has 0 aliphatic carbocycles. The van der Waals surface area contributed by atoms with Crippen LogP contribution in [0.1, 0.15) is 46.1 Å². The van der Waals surface area contributed by atoms with Gasteiger partial charge in [0.1, 0.15) is 0 Å². The van der Waals surface area contributed by atoms with E-state index in [1.54, 1.807) is 35.5 Å². The highest BCUT2D eigenvalue weighted by Crippen LogP contribution is 2.29. The van der Waals surface area contributed by atoms with Crippen LogP contribution < -0.4 is 0 Å². The number of amides is 1. The van der Waals surface area contributed by atoms with E-state index in [4.69, 9.17) is 9.72 Å². The van der Waals surface area contributed by atoms with Gasteiger partial charge in [-0.2, -0.15) is 9.78 Å². The van der Waals surface area contributed by atoms with Crippen molar-refractivity contribution in [2.24, 2.45) is 0 Å². The highest BCUT2D eigenvalue weighted by molar-refractivity contribution is 7.12. The average Bonchev–Trinajstić information content (AvgIpc) is 3.53. The maximum absolute atomic E-state index is 13.4. The number of methoxy groups -OCH3 is 1. The summed E-state index contributed by atoms with van der Waals surface area (Å²) in [6.45, 7) is 12.2. The minimum Gasteiger partial charge on any atom is -0.378 e. The number of likely N-dealkylation sites (N-methyl/N-ethyl adjacent to an activating group) is 1. The normalized spacial score (nSPS) is 16.2. The SMILES string of the molecule is CCN(CC)[C@@H]1CCN(C(=O)c2cnn(-c3nccc(-c4cc(C)sc4C)n3)c2COC)C1. The molecule has 176 valence electrons. The van der Waals surface area contributed by atoms with Crippen molar-refractivity contribution in [3.05, 3.63) is 45.5 Å². The molecule has 1 aliphatic heterocycles. The van der Waals surface area contributed by atoms with Gasteiger partial charge in [-0.05, 0) is 45.5 Å². The number of carbonyl (C=O) groups excluding carboxylic acids is 1. The second-order valence-corrected chi connectivity index (χ2v) is 9.79. The van der Waals surface area contributed by atoms with Crippen molar-refractivity contribution in [3.8, 4) is 17.2 Å². The molecular weight excluding hydrogens is 436 g/mol. The van der Waals surface area contributed by atoms with Crippen LogP contribution in [0.3, 0.4) is 0 Å². The molecule has 4 heterocycles. The summed E-state index contributed by atoms with van der Waals surface area (Å²) in [5.74, 6) is 0.424. The molecule has 9 heteroatoms. The summed E-state index contributed by atoms with van der Waals surface area (Å²) in [6, 6.07) is 4.45. The molecule has 3 aromatic heterocycles. The quantitative estimate of drug-likeness (QED) is 0.502. The van der Waals surface area contributed by atoms with Crippen molar-refractivity contribution >= 4 is 17.2 Å². The molecule has 0 unspecified atom stereocenters. The van der Waals surface area contributed by atoms with Crippen molar-refractivity contribution in [2.45, 2.75) is 46.8 Å². The van der Waals surface area contributed by atoms with Crippen molar-refractivity contribution < 1.29 is 9.53 Å². The number of aryl methyl sites for hydroxylation is 2. The smallest absolute Gasteiger partial charge is 0.257 e. The Bertz CT molecular complexity index is 1120. The predicted octanol–water partition coefficient (Wildman–Crippen LogP) is 3.71. The molecule has 0 N–H and O–H groups in total. The second kappa shape index (κ2) is 10.1. The Labute approximate surface area is 199 Å². The van der Waals surface area contributed by atoms with Crippen LogP contribution >= 0.6 is 11.3 Å². The number of hydrogen-bond donors (Lipinski definition) is 0. The summed E-state index contributed by atoms with van der Waals surface area (Å²) in [7, 11) is 1.62. The van der Waals surface area contributed by atoms with Gasteiger partial charge < -0.3 is 9.64 Å². The van der Waals surface area contributed by atoms with Gasteiger partial charge in [0.2, 0.25) is 0 Å². The Morgan fingerprint density at radius 1 is 1.30 bits per heavy atom. The summed E-state index contributed by atoms with van der Waals surface area (Å²) in [4.78, 5) is 29.4.